The van der Waals surface area contributed by atoms with Crippen LogP contribution in [0.3, 0.4) is 0 Å². The first-order valence-electron chi connectivity index (χ1n) is 16.3. The summed E-state index contributed by atoms with van der Waals surface area (Å²) in [6.07, 6.45) is 10.8. The largest absolute Gasteiger partial charge is 0.342 e. The van der Waals surface area contributed by atoms with Gasteiger partial charge in [-0.2, -0.15) is 0 Å². The molecular formula is C35H48ClN3O4S. The van der Waals surface area contributed by atoms with E-state index in [0.29, 0.717) is 41.5 Å². The molecule has 3 heterocycles. The third-order valence-electron chi connectivity index (χ3n) is 10.8. The molecule has 0 radical (unpaired) electrons. The maximum absolute atomic E-state index is 13.6. The van der Waals surface area contributed by atoms with Gasteiger partial charge in [-0.05, 0) is 80.3 Å². The van der Waals surface area contributed by atoms with Crippen LogP contribution in [0.1, 0.15) is 74.8 Å². The molecule has 3 saturated heterocycles. The number of amides is 2. The molecule has 0 N–H and O–H groups in total. The smallest absolute Gasteiger partial charge is 0.229 e. The van der Waals surface area contributed by atoms with E-state index in [2.05, 4.69) is 40.1 Å². The molecule has 2 aromatic rings. The van der Waals surface area contributed by atoms with Crippen molar-refractivity contribution in [3.63, 3.8) is 0 Å². The minimum Gasteiger partial charge on any atom is -0.342 e. The molecule has 4 fully saturated rings. The fourth-order valence-corrected chi connectivity index (χ4v) is 8.80. The number of sulfone groups is 1. The molecule has 1 aliphatic carbocycles. The SMILES string of the molecule is CS(=O)(=O)c1ccc(CN2CCC3(CCN(CC4CN(C(=O)CC5CCCCC5)CC4c4ccccc4)CC3)C2=O)cc1.Cl. The van der Waals surface area contributed by atoms with Gasteiger partial charge in [-0.3, -0.25) is 9.59 Å². The minimum atomic E-state index is -3.23. The number of nitrogens with zero attached hydrogens (tertiary/aromatic N) is 3. The Morgan fingerprint density at radius 2 is 1.55 bits per heavy atom. The lowest BCUT2D eigenvalue weighted by Gasteiger charge is -2.39. The van der Waals surface area contributed by atoms with Gasteiger partial charge in [-0.25, -0.2) is 8.42 Å². The Bertz CT molecular complexity index is 1390. The molecule has 9 heteroatoms. The maximum Gasteiger partial charge on any atom is 0.229 e. The molecule has 1 saturated carbocycles. The van der Waals surface area contributed by atoms with Crippen molar-refractivity contribution in [2.24, 2.45) is 17.3 Å². The van der Waals surface area contributed by atoms with Crippen LogP contribution < -0.4 is 0 Å². The molecule has 0 aromatic heterocycles. The zero-order chi connectivity index (χ0) is 30.0. The first-order chi connectivity index (χ1) is 20.7. The van der Waals surface area contributed by atoms with Crippen molar-refractivity contribution in [3.05, 3.63) is 65.7 Å². The number of hydrogen-bond donors (Lipinski definition) is 0. The summed E-state index contributed by atoms with van der Waals surface area (Å²) in [5.41, 5.74) is 2.02. The summed E-state index contributed by atoms with van der Waals surface area (Å²) in [5, 5.41) is 0. The molecule has 0 bridgehead atoms. The van der Waals surface area contributed by atoms with E-state index in [0.717, 1.165) is 64.1 Å². The van der Waals surface area contributed by atoms with Crippen LogP contribution in [0.15, 0.2) is 59.5 Å². The molecule has 1 spiro atoms. The van der Waals surface area contributed by atoms with E-state index in [1.165, 1.54) is 43.9 Å². The molecule has 44 heavy (non-hydrogen) atoms. The third kappa shape index (κ3) is 7.34. The van der Waals surface area contributed by atoms with Gasteiger partial charge in [-0.15, -0.1) is 12.4 Å². The van der Waals surface area contributed by atoms with Gasteiger partial charge < -0.3 is 14.7 Å². The maximum atomic E-state index is 13.6. The predicted molar refractivity (Wildman–Crippen MR) is 175 cm³/mol. The summed E-state index contributed by atoms with van der Waals surface area (Å²) in [6, 6.07) is 17.7. The van der Waals surface area contributed by atoms with E-state index in [4.69, 9.17) is 0 Å². The zero-order valence-corrected chi connectivity index (χ0v) is 27.7. The van der Waals surface area contributed by atoms with Gasteiger partial charge in [0, 0.05) is 51.3 Å². The lowest BCUT2D eigenvalue weighted by molar-refractivity contribution is -0.139. The second kappa shape index (κ2) is 13.9. The Kier molecular flexibility index (Phi) is 10.4. The lowest BCUT2D eigenvalue weighted by atomic mass is 9.76. The molecule has 2 atom stereocenters. The highest BCUT2D eigenvalue weighted by molar-refractivity contribution is 7.90. The molecule has 4 aliphatic rings. The average molecular weight is 642 g/mol. The van der Waals surface area contributed by atoms with Gasteiger partial charge in [-0.1, -0.05) is 61.7 Å². The van der Waals surface area contributed by atoms with Crippen molar-refractivity contribution in [1.29, 1.82) is 0 Å². The van der Waals surface area contributed by atoms with E-state index < -0.39 is 9.84 Å². The Balaban J connectivity index is 0.00000384. The Hall–Kier alpha value is -2.42. The quantitative estimate of drug-likeness (QED) is 0.378. The van der Waals surface area contributed by atoms with Crippen molar-refractivity contribution in [2.75, 3.05) is 45.5 Å². The van der Waals surface area contributed by atoms with Gasteiger partial charge in [0.1, 0.15) is 0 Å². The van der Waals surface area contributed by atoms with Gasteiger partial charge in [0.05, 0.1) is 10.3 Å². The third-order valence-corrected chi connectivity index (χ3v) is 12.0. The molecular weight excluding hydrogens is 594 g/mol. The van der Waals surface area contributed by atoms with Gasteiger partial charge in [0.15, 0.2) is 9.84 Å². The van der Waals surface area contributed by atoms with Crippen LogP contribution in [0.5, 0.6) is 0 Å². The van der Waals surface area contributed by atoms with Crippen LogP contribution in [0, 0.1) is 17.3 Å². The van der Waals surface area contributed by atoms with Crippen LogP contribution >= 0.6 is 12.4 Å². The van der Waals surface area contributed by atoms with Crippen molar-refractivity contribution < 1.29 is 18.0 Å². The van der Waals surface area contributed by atoms with Crippen LogP contribution in [-0.4, -0.2) is 80.5 Å². The molecule has 2 amide bonds. The standard InChI is InChI=1S/C35H47N3O4S.ClH/c1-43(41,42)31-14-12-28(13-15-31)23-37-21-18-35(34(37)40)16-19-36(20-17-35)24-30-25-38(26-32(30)29-10-6-3-7-11-29)33(39)22-27-8-4-2-5-9-27;/h3,6-7,10-15,27,30,32H,2,4-5,8-9,16-26H2,1H3;1H. The second-order valence-corrected chi connectivity index (χ2v) is 15.8. The number of carbonyl (C=O) groups excluding carboxylic acids is 2. The predicted octanol–water partition coefficient (Wildman–Crippen LogP) is 5.54. The van der Waals surface area contributed by atoms with Crippen LogP contribution in [0.25, 0.3) is 0 Å². The summed E-state index contributed by atoms with van der Waals surface area (Å²) >= 11 is 0. The number of hydrogen-bond acceptors (Lipinski definition) is 5. The fraction of sp³-hybridized carbons (Fsp3) is 0.600. The van der Waals surface area contributed by atoms with Crippen molar-refractivity contribution in [3.8, 4) is 0 Å². The first kappa shape index (κ1) is 33.0. The number of likely N-dealkylation sites (tertiary alicyclic amines) is 3. The first-order valence-corrected chi connectivity index (χ1v) is 18.2. The van der Waals surface area contributed by atoms with E-state index in [1.54, 1.807) is 12.1 Å². The summed E-state index contributed by atoms with van der Waals surface area (Å²) < 4.78 is 23.6. The summed E-state index contributed by atoms with van der Waals surface area (Å²) in [6.45, 7) is 5.72. The van der Waals surface area contributed by atoms with E-state index in [-0.39, 0.29) is 23.7 Å². The summed E-state index contributed by atoms with van der Waals surface area (Å²) in [7, 11) is -3.23. The fourth-order valence-electron chi connectivity index (χ4n) is 8.17. The van der Waals surface area contributed by atoms with Crippen LogP contribution in [-0.2, 0) is 26.0 Å². The summed E-state index contributed by atoms with van der Waals surface area (Å²) in [5.74, 6) is 1.91. The number of halogens is 1. The number of piperidine rings is 1. The number of rotatable bonds is 8. The Labute approximate surface area is 269 Å². The van der Waals surface area contributed by atoms with Gasteiger partial charge >= 0.3 is 0 Å². The second-order valence-electron chi connectivity index (χ2n) is 13.8. The average Bonchev–Trinajstić information content (AvgIpc) is 3.56. The molecule has 3 aliphatic heterocycles. The van der Waals surface area contributed by atoms with Crippen molar-refractivity contribution in [1.82, 2.24) is 14.7 Å². The monoisotopic (exact) mass is 641 g/mol. The van der Waals surface area contributed by atoms with E-state index >= 15 is 0 Å². The Morgan fingerprint density at radius 1 is 0.886 bits per heavy atom. The molecule has 6 rings (SSSR count). The highest BCUT2D eigenvalue weighted by atomic mass is 35.5. The van der Waals surface area contributed by atoms with Crippen LogP contribution in [0.2, 0.25) is 0 Å². The zero-order valence-electron chi connectivity index (χ0n) is 26.0. The summed E-state index contributed by atoms with van der Waals surface area (Å²) in [4.78, 5) is 34.0. The molecule has 7 nitrogen and oxygen atoms in total. The van der Waals surface area contributed by atoms with Gasteiger partial charge in [0.2, 0.25) is 11.8 Å². The number of carbonyl (C=O) groups is 2. The topological polar surface area (TPSA) is 78.0 Å². The van der Waals surface area contributed by atoms with Gasteiger partial charge in [0.25, 0.3) is 0 Å². The van der Waals surface area contributed by atoms with E-state index in [1.807, 2.05) is 17.0 Å². The Morgan fingerprint density at radius 3 is 2.20 bits per heavy atom. The highest BCUT2D eigenvalue weighted by Crippen LogP contribution is 2.43. The van der Waals surface area contributed by atoms with E-state index in [9.17, 15) is 18.0 Å². The number of benzene rings is 2. The molecule has 2 unspecified atom stereocenters. The highest BCUT2D eigenvalue weighted by Gasteiger charge is 2.48. The van der Waals surface area contributed by atoms with Crippen LogP contribution in [0.4, 0.5) is 0 Å². The molecule has 2 aromatic carbocycles. The minimum absolute atomic E-state index is 0. The molecule has 240 valence electrons. The van der Waals surface area contributed by atoms with Crippen molar-refractivity contribution >= 4 is 34.1 Å². The normalized spacial score (nSPS) is 24.5. The lowest BCUT2D eigenvalue weighted by Crippen LogP contribution is -2.46. The van der Waals surface area contributed by atoms with Crippen molar-refractivity contribution in [2.45, 2.75) is 75.1 Å².